The van der Waals surface area contributed by atoms with Crippen molar-refractivity contribution in [3.8, 4) is 33.6 Å². The van der Waals surface area contributed by atoms with Gasteiger partial charge in [-0.05, 0) is 30.3 Å². The second-order valence-corrected chi connectivity index (χ2v) is 6.98. The first-order chi connectivity index (χ1) is 13.7. The highest BCUT2D eigenvalue weighted by molar-refractivity contribution is 7.19. The van der Waals surface area contributed by atoms with Crippen molar-refractivity contribution in [3.05, 3.63) is 48.7 Å². The molecule has 2 aromatic carbocycles. The molecule has 1 atom stereocenters. The normalized spacial score (nSPS) is 15.0. The first kappa shape index (κ1) is 18.1. The lowest BCUT2D eigenvalue weighted by molar-refractivity contribution is -0.125. The molecule has 1 aliphatic heterocycles. The van der Waals surface area contributed by atoms with Crippen LogP contribution in [0.1, 0.15) is 0 Å². The molecule has 0 aliphatic carbocycles. The number of thiazole rings is 1. The van der Waals surface area contributed by atoms with Crippen LogP contribution in [0, 0.1) is 0 Å². The topological polar surface area (TPSA) is 78.9 Å². The number of fused-ring (bicyclic) bond motifs is 1. The largest absolute Gasteiger partial charge is 0.497 e. The number of hydrogen-bond acceptors (Lipinski definition) is 7. The number of ether oxygens (including phenoxy) is 4. The van der Waals surface area contributed by atoms with Crippen molar-refractivity contribution in [1.82, 2.24) is 4.98 Å². The van der Waals surface area contributed by atoms with E-state index in [0.717, 1.165) is 5.56 Å². The van der Waals surface area contributed by atoms with Crippen LogP contribution < -0.4 is 24.3 Å². The van der Waals surface area contributed by atoms with Crippen LogP contribution in [-0.2, 0) is 4.79 Å². The van der Waals surface area contributed by atoms with Crippen molar-refractivity contribution in [2.24, 2.45) is 0 Å². The molecular weight excluding hydrogens is 380 g/mol. The molecule has 144 valence electrons. The van der Waals surface area contributed by atoms with Crippen LogP contribution in [0.25, 0.3) is 10.6 Å². The fourth-order valence-corrected chi connectivity index (χ4v) is 3.63. The predicted octanol–water partition coefficient (Wildman–Crippen LogP) is 3.61. The first-order valence-corrected chi connectivity index (χ1v) is 9.37. The lowest BCUT2D eigenvalue weighted by atomic mass is 10.2. The van der Waals surface area contributed by atoms with Gasteiger partial charge in [-0.3, -0.25) is 4.79 Å². The average Bonchev–Trinajstić information content (AvgIpc) is 3.21. The Bertz CT molecular complexity index is 1000. The summed E-state index contributed by atoms with van der Waals surface area (Å²) in [6, 6.07) is 12.7. The van der Waals surface area contributed by atoms with E-state index >= 15 is 0 Å². The summed E-state index contributed by atoms with van der Waals surface area (Å²) in [5, 5.41) is 4.15. The minimum atomic E-state index is -0.730. The predicted molar refractivity (Wildman–Crippen MR) is 106 cm³/mol. The zero-order chi connectivity index (χ0) is 19.5. The molecular formula is C20H18N2O5S. The van der Waals surface area contributed by atoms with Crippen LogP contribution in [-0.4, -0.2) is 37.8 Å². The Labute approximate surface area is 165 Å². The van der Waals surface area contributed by atoms with Crippen molar-refractivity contribution in [3.63, 3.8) is 0 Å². The average molecular weight is 398 g/mol. The van der Waals surface area contributed by atoms with Crippen molar-refractivity contribution in [2.45, 2.75) is 6.10 Å². The molecule has 1 unspecified atom stereocenters. The molecule has 1 aromatic heterocycles. The van der Waals surface area contributed by atoms with Gasteiger partial charge in [-0.25, -0.2) is 4.98 Å². The molecule has 2 heterocycles. The maximum Gasteiger partial charge on any atom is 0.269 e. The summed E-state index contributed by atoms with van der Waals surface area (Å²) in [6.07, 6.45) is 0.876. The van der Waals surface area contributed by atoms with Crippen LogP contribution in [0.4, 0.5) is 5.00 Å². The molecule has 0 fully saturated rings. The fourth-order valence-electron chi connectivity index (χ4n) is 2.79. The van der Waals surface area contributed by atoms with Crippen LogP contribution in [0.5, 0.6) is 23.0 Å². The number of carbonyl (C=O) groups excluding carboxylic acids is 1. The maximum absolute atomic E-state index is 12.6. The van der Waals surface area contributed by atoms with Gasteiger partial charge in [0.25, 0.3) is 5.91 Å². The molecule has 0 bridgehead atoms. The molecule has 28 heavy (non-hydrogen) atoms. The van der Waals surface area contributed by atoms with Crippen LogP contribution in [0.2, 0.25) is 0 Å². The lowest BCUT2D eigenvalue weighted by Crippen LogP contribution is -2.40. The third-order valence-corrected chi connectivity index (χ3v) is 5.14. The minimum Gasteiger partial charge on any atom is -0.497 e. The highest BCUT2D eigenvalue weighted by atomic mass is 32.1. The molecule has 7 nitrogen and oxygen atoms in total. The van der Waals surface area contributed by atoms with E-state index in [4.69, 9.17) is 18.9 Å². The third-order valence-electron chi connectivity index (χ3n) is 4.19. The van der Waals surface area contributed by atoms with E-state index in [1.807, 2.05) is 30.3 Å². The van der Waals surface area contributed by atoms with Gasteiger partial charge in [0.1, 0.15) is 28.1 Å². The van der Waals surface area contributed by atoms with Gasteiger partial charge in [-0.1, -0.05) is 23.5 Å². The van der Waals surface area contributed by atoms with Gasteiger partial charge in [0.2, 0.25) is 6.10 Å². The van der Waals surface area contributed by atoms with E-state index in [-0.39, 0.29) is 12.5 Å². The standard InChI is InChI=1S/C20H18N2O5S/c1-24-12-7-8-14(25-2)13(9-12)20-21-10-18(28-20)22-19(23)17-11-26-15-5-3-4-6-16(15)27-17/h3-10,17H,11H2,1-2H3,(H,22,23). The lowest BCUT2D eigenvalue weighted by Gasteiger charge is -2.25. The van der Waals surface area contributed by atoms with Crippen molar-refractivity contribution in [2.75, 3.05) is 26.1 Å². The highest BCUT2D eigenvalue weighted by Gasteiger charge is 2.27. The Balaban J connectivity index is 1.49. The Morgan fingerprint density at radius 2 is 2.00 bits per heavy atom. The number of para-hydroxylation sites is 2. The number of amides is 1. The molecule has 0 saturated carbocycles. The van der Waals surface area contributed by atoms with Gasteiger partial charge >= 0.3 is 0 Å². The van der Waals surface area contributed by atoms with Crippen LogP contribution in [0.3, 0.4) is 0 Å². The second-order valence-electron chi connectivity index (χ2n) is 5.95. The monoisotopic (exact) mass is 398 g/mol. The number of anilines is 1. The van der Waals surface area contributed by atoms with Crippen LogP contribution >= 0.6 is 11.3 Å². The second kappa shape index (κ2) is 7.77. The number of rotatable bonds is 5. The molecule has 4 rings (SSSR count). The molecule has 1 aliphatic rings. The van der Waals surface area contributed by atoms with Crippen molar-refractivity contribution < 1.29 is 23.7 Å². The van der Waals surface area contributed by atoms with Crippen molar-refractivity contribution >= 4 is 22.2 Å². The van der Waals surface area contributed by atoms with Crippen LogP contribution in [0.15, 0.2) is 48.7 Å². The molecule has 1 N–H and O–H groups in total. The number of aromatic nitrogens is 1. The summed E-state index contributed by atoms with van der Waals surface area (Å²) >= 11 is 1.34. The maximum atomic E-state index is 12.6. The van der Waals surface area contributed by atoms with E-state index in [1.54, 1.807) is 32.5 Å². The number of nitrogens with zero attached hydrogens (tertiary/aromatic N) is 1. The highest BCUT2D eigenvalue weighted by Crippen LogP contribution is 2.37. The van der Waals surface area contributed by atoms with E-state index in [1.165, 1.54) is 11.3 Å². The fraction of sp³-hybridized carbons (Fsp3) is 0.200. The molecule has 1 amide bonds. The summed E-state index contributed by atoms with van der Waals surface area (Å²) in [6.45, 7) is 0.151. The number of methoxy groups -OCH3 is 2. The smallest absolute Gasteiger partial charge is 0.269 e. The Kier molecular flexibility index (Phi) is 5.03. The number of hydrogen-bond donors (Lipinski definition) is 1. The molecule has 0 saturated heterocycles. The van der Waals surface area contributed by atoms with Crippen molar-refractivity contribution in [1.29, 1.82) is 0 Å². The van der Waals surface area contributed by atoms with E-state index in [0.29, 0.717) is 33.0 Å². The van der Waals surface area contributed by atoms with E-state index < -0.39 is 6.10 Å². The van der Waals surface area contributed by atoms with Gasteiger partial charge < -0.3 is 24.3 Å². The van der Waals surface area contributed by atoms with Gasteiger partial charge in [0, 0.05) is 0 Å². The molecule has 8 heteroatoms. The number of benzene rings is 2. The summed E-state index contributed by atoms with van der Waals surface area (Å²) in [7, 11) is 3.20. The Morgan fingerprint density at radius 1 is 1.18 bits per heavy atom. The minimum absolute atomic E-state index is 0.151. The number of carbonyl (C=O) groups is 1. The number of nitrogens with one attached hydrogen (secondary N) is 1. The Hall–Kier alpha value is -3.26. The quantitative estimate of drug-likeness (QED) is 0.707. The third kappa shape index (κ3) is 3.59. The molecule has 3 aromatic rings. The summed E-state index contributed by atoms with van der Waals surface area (Å²) in [5.74, 6) is 2.27. The molecule has 0 spiro atoms. The van der Waals surface area contributed by atoms with Gasteiger partial charge in [0.05, 0.1) is 26.0 Å². The van der Waals surface area contributed by atoms with E-state index in [2.05, 4.69) is 10.3 Å². The van der Waals surface area contributed by atoms with E-state index in [9.17, 15) is 4.79 Å². The molecule has 0 radical (unpaired) electrons. The SMILES string of the molecule is COc1ccc(OC)c(-c2ncc(NC(=O)C3COc4ccccc4O3)s2)c1. The van der Waals surface area contributed by atoms with Gasteiger partial charge in [0.15, 0.2) is 11.5 Å². The zero-order valence-corrected chi connectivity index (χ0v) is 16.1. The van der Waals surface area contributed by atoms with Gasteiger partial charge in [-0.15, -0.1) is 0 Å². The summed E-state index contributed by atoms with van der Waals surface area (Å²) in [4.78, 5) is 17.0. The summed E-state index contributed by atoms with van der Waals surface area (Å²) in [5.41, 5.74) is 0.790. The zero-order valence-electron chi connectivity index (χ0n) is 15.3. The summed E-state index contributed by atoms with van der Waals surface area (Å²) < 4.78 is 22.0. The van der Waals surface area contributed by atoms with Gasteiger partial charge in [-0.2, -0.15) is 0 Å². The first-order valence-electron chi connectivity index (χ1n) is 8.55. The Morgan fingerprint density at radius 3 is 2.79 bits per heavy atom.